The lowest BCUT2D eigenvalue weighted by atomic mass is 10.0. The summed E-state index contributed by atoms with van der Waals surface area (Å²) >= 11 is 10.3. The van der Waals surface area contributed by atoms with Crippen LogP contribution in [0, 0.1) is 0 Å². The van der Waals surface area contributed by atoms with E-state index in [2.05, 4.69) is 43.3 Å². The van der Waals surface area contributed by atoms with Gasteiger partial charge in [0.2, 0.25) is 0 Å². The maximum absolute atomic E-state index is 9.93. The maximum atomic E-state index is 9.93. The molecule has 1 fully saturated rings. The quantitative estimate of drug-likeness (QED) is 0.123. The third kappa shape index (κ3) is 8.00. The minimum atomic E-state index is -0.235. The Morgan fingerprint density at radius 2 is 1.67 bits per heavy atom. The van der Waals surface area contributed by atoms with Crippen LogP contribution in [0.5, 0.6) is 17.2 Å². The van der Waals surface area contributed by atoms with Crippen LogP contribution in [0.25, 0.3) is 22.2 Å². The minimum Gasteiger partial charge on any atom is -0.494 e. The summed E-state index contributed by atoms with van der Waals surface area (Å²) in [4.78, 5) is 2.39. The highest BCUT2D eigenvalue weighted by atomic mass is 79.9. The average Bonchev–Trinajstić information content (AvgIpc) is 3.55. The predicted octanol–water partition coefficient (Wildman–Crippen LogP) is 7.18. The number of fused-ring (bicyclic) bond motifs is 1. The Hall–Kier alpha value is -3.67. The van der Waals surface area contributed by atoms with E-state index < -0.39 is 0 Å². The number of benzene rings is 4. The lowest BCUT2D eigenvalue weighted by molar-refractivity contribution is 0.0800. The summed E-state index contributed by atoms with van der Waals surface area (Å²) in [5.41, 5.74) is 5.72. The molecule has 0 aliphatic carbocycles. The molecule has 11 heteroatoms. The molecule has 1 saturated heterocycles. The van der Waals surface area contributed by atoms with Gasteiger partial charge >= 0.3 is 0 Å². The highest BCUT2D eigenvalue weighted by Gasteiger charge is 2.17. The molecule has 0 bridgehead atoms. The largest absolute Gasteiger partial charge is 0.494 e. The molecule has 6 rings (SSSR count). The third-order valence-corrected chi connectivity index (χ3v) is 9.28. The fourth-order valence-electron chi connectivity index (χ4n) is 5.47. The van der Waals surface area contributed by atoms with Gasteiger partial charge in [0, 0.05) is 41.3 Å². The lowest BCUT2D eigenvalue weighted by Crippen LogP contribution is -2.36. The van der Waals surface area contributed by atoms with Crippen LogP contribution >= 0.6 is 27.5 Å². The number of halogens is 2. The zero-order valence-corrected chi connectivity index (χ0v) is 27.5. The minimum absolute atomic E-state index is 0.152. The molecule has 0 radical (unpaired) electrons. The van der Waals surface area contributed by atoms with E-state index in [4.69, 9.17) is 30.4 Å². The molecule has 2 N–H and O–H groups in total. The van der Waals surface area contributed by atoms with Gasteiger partial charge in [-0.3, -0.25) is 0 Å². The summed E-state index contributed by atoms with van der Waals surface area (Å²) in [6.07, 6.45) is 2.48. The van der Waals surface area contributed by atoms with Gasteiger partial charge in [-0.05, 0) is 92.5 Å². The van der Waals surface area contributed by atoms with Crippen LogP contribution in [-0.2, 0) is 19.8 Å². The van der Waals surface area contributed by atoms with E-state index in [-0.39, 0.29) is 25.9 Å². The monoisotopic (exact) mass is 707 g/mol. The van der Waals surface area contributed by atoms with Gasteiger partial charge in [-0.2, -0.15) is 0 Å². The van der Waals surface area contributed by atoms with Crippen LogP contribution in [0.3, 0.4) is 0 Å². The van der Waals surface area contributed by atoms with Crippen molar-refractivity contribution < 1.29 is 29.1 Å². The van der Waals surface area contributed by atoms with Gasteiger partial charge < -0.3 is 29.3 Å². The lowest BCUT2D eigenvalue weighted by Gasteiger charge is -2.29. The Morgan fingerprint density at radius 3 is 2.52 bits per heavy atom. The number of hydrogen-bond donors (Lipinski definition) is 2. The van der Waals surface area contributed by atoms with E-state index in [0.717, 1.165) is 71.4 Å². The van der Waals surface area contributed by atoms with Gasteiger partial charge in [0.05, 0.1) is 24.3 Å². The Kier molecular flexibility index (Phi) is 10.7. The molecule has 46 heavy (non-hydrogen) atoms. The molecular formula is C35H35BrClN3O6. The maximum Gasteiger partial charge on any atom is 0.142 e. The van der Waals surface area contributed by atoms with Crippen molar-refractivity contribution >= 4 is 38.6 Å². The molecule has 1 aliphatic rings. The summed E-state index contributed by atoms with van der Waals surface area (Å²) < 4.78 is 24.0. The number of likely N-dealkylation sites (tertiary alicyclic amines) is 1. The van der Waals surface area contributed by atoms with Crippen molar-refractivity contribution in [2.24, 2.45) is 0 Å². The van der Waals surface area contributed by atoms with Crippen molar-refractivity contribution in [2.75, 3.05) is 26.2 Å². The number of nitrogens with zero attached hydrogens (tertiary/aromatic N) is 3. The highest BCUT2D eigenvalue weighted by molar-refractivity contribution is 9.10. The summed E-state index contributed by atoms with van der Waals surface area (Å²) in [5.74, 6) is 1.74. The average molecular weight is 709 g/mol. The van der Waals surface area contributed by atoms with Crippen molar-refractivity contribution in [3.05, 3.63) is 99.0 Å². The third-order valence-electron chi connectivity index (χ3n) is 8.05. The number of aliphatic hydroxyl groups excluding tert-OH is 2. The van der Waals surface area contributed by atoms with Crippen molar-refractivity contribution in [3.8, 4) is 28.4 Å². The molecule has 4 aromatic carbocycles. The molecule has 1 aliphatic heterocycles. The topological polar surface area (TPSA) is 110 Å². The molecule has 0 amide bonds. The summed E-state index contributed by atoms with van der Waals surface area (Å²) in [6.45, 7) is 3.76. The van der Waals surface area contributed by atoms with Crippen molar-refractivity contribution in [1.29, 1.82) is 0 Å². The Labute approximate surface area is 280 Å². The molecule has 9 nitrogen and oxygen atoms in total. The summed E-state index contributed by atoms with van der Waals surface area (Å²) in [7, 11) is 0. The molecule has 0 saturated carbocycles. The Bertz CT molecular complexity index is 1780. The molecule has 0 atom stereocenters. The van der Waals surface area contributed by atoms with E-state index in [1.54, 1.807) is 12.1 Å². The molecule has 1 aromatic heterocycles. The zero-order chi connectivity index (χ0) is 31.9. The Balaban J connectivity index is 1.09. The second kappa shape index (κ2) is 15.3. The van der Waals surface area contributed by atoms with Crippen LogP contribution < -0.4 is 14.2 Å². The van der Waals surface area contributed by atoms with Crippen LogP contribution in [-0.4, -0.2) is 57.8 Å². The highest BCUT2D eigenvalue weighted by Crippen LogP contribution is 2.36. The standard InChI is InChI=1S/C35H35BrClN3O6/c36-35-25(5-2-7-29(35)24-4-1-6-28(17-24)43-15-3-12-40-13-10-27(42)11-14-40)22-45-34-19-33(26(20-41)18-30(34)37)44-21-23-8-9-31-32(16-23)39-46-38-31/h1-2,4-9,16-19,27,41-42H,3,10-15,20-22H2. The fourth-order valence-corrected chi connectivity index (χ4v) is 6.32. The SMILES string of the molecule is OCc1cc(Cl)c(OCc2cccc(-c3cccc(OCCCN4CCC(O)CC4)c3)c2Br)cc1OCc1ccc2nonc2c1. The molecule has 5 aromatic rings. The van der Waals surface area contributed by atoms with Crippen LogP contribution in [0.1, 0.15) is 36.0 Å². The zero-order valence-electron chi connectivity index (χ0n) is 25.2. The number of rotatable bonds is 13. The van der Waals surface area contributed by atoms with E-state index in [1.807, 2.05) is 48.5 Å². The van der Waals surface area contributed by atoms with E-state index in [1.165, 1.54) is 0 Å². The first kappa shape index (κ1) is 32.3. The molecule has 2 heterocycles. The van der Waals surface area contributed by atoms with Gasteiger partial charge in [-0.1, -0.05) is 48.0 Å². The molecular weight excluding hydrogens is 674 g/mol. The first-order valence-electron chi connectivity index (χ1n) is 15.3. The normalized spacial score (nSPS) is 14.1. The second-order valence-corrected chi connectivity index (χ2v) is 12.5. The predicted molar refractivity (Wildman–Crippen MR) is 179 cm³/mol. The first-order valence-corrected chi connectivity index (χ1v) is 16.4. The van der Waals surface area contributed by atoms with Gasteiger partial charge in [0.25, 0.3) is 0 Å². The van der Waals surface area contributed by atoms with E-state index >= 15 is 0 Å². The first-order chi connectivity index (χ1) is 22.5. The summed E-state index contributed by atoms with van der Waals surface area (Å²) in [5, 5.41) is 27.7. The van der Waals surface area contributed by atoms with Gasteiger partial charge in [-0.25, -0.2) is 4.63 Å². The van der Waals surface area contributed by atoms with Gasteiger partial charge in [-0.15, -0.1) is 0 Å². The summed E-state index contributed by atoms with van der Waals surface area (Å²) in [6, 6.07) is 23.0. The smallest absolute Gasteiger partial charge is 0.142 e. The van der Waals surface area contributed by atoms with E-state index in [9.17, 15) is 10.2 Å². The Morgan fingerprint density at radius 1 is 0.870 bits per heavy atom. The van der Waals surface area contributed by atoms with Crippen LogP contribution in [0.2, 0.25) is 5.02 Å². The van der Waals surface area contributed by atoms with Crippen molar-refractivity contribution in [3.63, 3.8) is 0 Å². The number of aromatic nitrogens is 2. The van der Waals surface area contributed by atoms with Gasteiger partial charge in [0.1, 0.15) is 41.5 Å². The van der Waals surface area contributed by atoms with Gasteiger partial charge in [0.15, 0.2) is 0 Å². The second-order valence-electron chi connectivity index (χ2n) is 11.3. The van der Waals surface area contributed by atoms with Crippen molar-refractivity contribution in [1.82, 2.24) is 15.2 Å². The van der Waals surface area contributed by atoms with Crippen LogP contribution in [0.4, 0.5) is 0 Å². The van der Waals surface area contributed by atoms with Crippen molar-refractivity contribution in [2.45, 2.75) is 45.2 Å². The number of hydrogen-bond acceptors (Lipinski definition) is 9. The molecule has 0 unspecified atom stereocenters. The number of ether oxygens (including phenoxy) is 3. The van der Waals surface area contributed by atoms with Crippen LogP contribution in [0.15, 0.2) is 81.9 Å². The number of aliphatic hydroxyl groups is 2. The molecule has 0 spiro atoms. The number of piperidine rings is 1. The molecule has 240 valence electrons. The fraction of sp³-hybridized carbons (Fsp3) is 0.314. The van der Waals surface area contributed by atoms with E-state index in [0.29, 0.717) is 39.7 Å².